The van der Waals surface area contributed by atoms with Crippen molar-refractivity contribution in [3.8, 4) is 17.2 Å². The Kier molecular flexibility index (Phi) is 6.55. The van der Waals surface area contributed by atoms with E-state index in [1.54, 1.807) is 36.7 Å². The van der Waals surface area contributed by atoms with Gasteiger partial charge in [0.05, 0.1) is 6.20 Å². The van der Waals surface area contributed by atoms with E-state index < -0.39 is 5.82 Å². The highest BCUT2D eigenvalue weighted by Crippen LogP contribution is 2.24. The number of nitrogens with one attached hydrogen (secondary N) is 1. The minimum Gasteiger partial charge on any atom is -0.490 e. The third-order valence-corrected chi connectivity index (χ3v) is 3.81. The molecule has 1 N–H and O–H groups in total. The van der Waals surface area contributed by atoms with Crippen LogP contribution in [-0.4, -0.2) is 11.6 Å². The second kappa shape index (κ2) is 9.50. The molecule has 0 atom stereocenters. The molecule has 0 radical (unpaired) electrons. The number of hydrogen-bond acceptors (Lipinski definition) is 4. The summed E-state index contributed by atoms with van der Waals surface area (Å²) in [7, 11) is 0. The summed E-state index contributed by atoms with van der Waals surface area (Å²) in [6.07, 6.45) is 4.89. The molecular weight excluding hydrogens is 343 g/mol. The van der Waals surface area contributed by atoms with Crippen molar-refractivity contribution in [3.63, 3.8) is 0 Å². The van der Waals surface area contributed by atoms with E-state index in [1.807, 2.05) is 30.3 Å². The maximum Gasteiger partial charge on any atom is 0.166 e. The molecule has 0 aliphatic heterocycles. The van der Waals surface area contributed by atoms with Gasteiger partial charge in [0.25, 0.3) is 0 Å². The predicted molar refractivity (Wildman–Crippen MR) is 103 cm³/mol. The largest absolute Gasteiger partial charge is 0.490 e. The number of aromatic nitrogens is 1. The Labute approximate surface area is 158 Å². The van der Waals surface area contributed by atoms with Crippen LogP contribution in [0.15, 0.2) is 79.6 Å². The highest BCUT2D eigenvalue weighted by molar-refractivity contribution is 5.33. The number of halogens is 1. The molecule has 1 aromatic heterocycles. The van der Waals surface area contributed by atoms with Gasteiger partial charge < -0.3 is 14.8 Å². The number of benzene rings is 2. The van der Waals surface area contributed by atoms with Crippen molar-refractivity contribution >= 4 is 0 Å². The lowest BCUT2D eigenvalue weighted by Crippen LogP contribution is -2.12. The molecule has 0 aliphatic rings. The lowest BCUT2D eigenvalue weighted by Gasteiger charge is -2.09. The molecule has 0 amide bonds. The molecule has 2 aromatic carbocycles. The van der Waals surface area contributed by atoms with E-state index in [0.29, 0.717) is 25.4 Å². The average molecular weight is 364 g/mol. The van der Waals surface area contributed by atoms with Gasteiger partial charge >= 0.3 is 0 Å². The first-order valence-electron chi connectivity index (χ1n) is 8.64. The lowest BCUT2D eigenvalue weighted by atomic mass is 10.2. The second-order valence-corrected chi connectivity index (χ2v) is 5.90. The molecule has 0 aliphatic carbocycles. The number of pyridine rings is 1. The fourth-order valence-corrected chi connectivity index (χ4v) is 2.48. The summed E-state index contributed by atoms with van der Waals surface area (Å²) < 4.78 is 25.2. The first-order valence-corrected chi connectivity index (χ1v) is 8.64. The fourth-order valence-electron chi connectivity index (χ4n) is 2.48. The molecule has 0 unspecified atom stereocenters. The zero-order chi connectivity index (χ0) is 18.9. The third-order valence-electron chi connectivity index (χ3n) is 3.81. The van der Waals surface area contributed by atoms with Crippen molar-refractivity contribution in [2.75, 3.05) is 6.61 Å². The van der Waals surface area contributed by atoms with Crippen LogP contribution in [0.4, 0.5) is 4.39 Å². The molecule has 0 saturated carbocycles. The van der Waals surface area contributed by atoms with Gasteiger partial charge in [-0.3, -0.25) is 4.98 Å². The maximum absolute atomic E-state index is 14.2. The second-order valence-electron chi connectivity index (χ2n) is 5.90. The highest BCUT2D eigenvalue weighted by atomic mass is 19.1. The predicted octanol–water partition coefficient (Wildman–Crippen LogP) is 4.87. The zero-order valence-corrected chi connectivity index (χ0v) is 14.9. The van der Waals surface area contributed by atoms with Crippen molar-refractivity contribution in [2.45, 2.75) is 13.1 Å². The van der Waals surface area contributed by atoms with E-state index in [2.05, 4.69) is 16.9 Å². The molecule has 0 saturated heterocycles. The molecular formula is C22H21FN2O2. The van der Waals surface area contributed by atoms with E-state index in [4.69, 9.17) is 9.47 Å². The molecule has 0 bridgehead atoms. The minimum atomic E-state index is -0.401. The van der Waals surface area contributed by atoms with Gasteiger partial charge in [-0.05, 0) is 47.5 Å². The van der Waals surface area contributed by atoms with Gasteiger partial charge in [0.2, 0.25) is 0 Å². The zero-order valence-electron chi connectivity index (χ0n) is 14.9. The Morgan fingerprint density at radius 3 is 2.48 bits per heavy atom. The Morgan fingerprint density at radius 1 is 1.00 bits per heavy atom. The van der Waals surface area contributed by atoms with Gasteiger partial charge in [0.1, 0.15) is 18.1 Å². The summed E-state index contributed by atoms with van der Waals surface area (Å²) >= 11 is 0. The van der Waals surface area contributed by atoms with E-state index >= 15 is 0 Å². The highest BCUT2D eigenvalue weighted by Gasteiger charge is 2.06. The van der Waals surface area contributed by atoms with Crippen LogP contribution in [0.5, 0.6) is 17.2 Å². The number of ether oxygens (including phenoxy) is 2. The van der Waals surface area contributed by atoms with Crippen LogP contribution in [0.3, 0.4) is 0 Å². The molecule has 0 fully saturated rings. The van der Waals surface area contributed by atoms with Gasteiger partial charge in [-0.2, -0.15) is 0 Å². The van der Waals surface area contributed by atoms with E-state index in [0.717, 1.165) is 16.9 Å². The number of nitrogens with zero attached hydrogens (tertiary/aromatic N) is 1. The summed E-state index contributed by atoms with van der Waals surface area (Å²) in [4.78, 5) is 3.95. The van der Waals surface area contributed by atoms with Crippen LogP contribution in [0, 0.1) is 5.82 Å². The van der Waals surface area contributed by atoms with Crippen LogP contribution < -0.4 is 14.8 Å². The summed E-state index contributed by atoms with van der Waals surface area (Å²) in [5.41, 5.74) is 1.97. The van der Waals surface area contributed by atoms with Gasteiger partial charge in [-0.15, -0.1) is 0 Å². The van der Waals surface area contributed by atoms with Gasteiger partial charge in [-0.25, -0.2) is 4.39 Å². The SMILES string of the molecule is C=CCOc1ccc(CNCc2ccc(Oc3cccnc3)c(F)c2)cc1. The van der Waals surface area contributed by atoms with E-state index in [1.165, 1.54) is 6.07 Å². The molecule has 3 rings (SSSR count). The normalized spacial score (nSPS) is 10.4. The van der Waals surface area contributed by atoms with Crippen LogP contribution in [0.25, 0.3) is 0 Å². The van der Waals surface area contributed by atoms with Crippen LogP contribution in [0.2, 0.25) is 0 Å². The van der Waals surface area contributed by atoms with Crippen LogP contribution in [0.1, 0.15) is 11.1 Å². The molecule has 3 aromatic rings. The summed E-state index contributed by atoms with van der Waals surface area (Å²) in [6, 6.07) is 16.3. The van der Waals surface area contributed by atoms with Crippen LogP contribution in [-0.2, 0) is 13.1 Å². The monoisotopic (exact) mass is 364 g/mol. The fraction of sp³-hybridized carbons (Fsp3) is 0.136. The number of hydrogen-bond donors (Lipinski definition) is 1. The maximum atomic E-state index is 14.2. The van der Waals surface area contributed by atoms with Crippen molar-refractivity contribution < 1.29 is 13.9 Å². The lowest BCUT2D eigenvalue weighted by molar-refractivity contribution is 0.363. The molecule has 4 nitrogen and oxygen atoms in total. The summed E-state index contributed by atoms with van der Waals surface area (Å²) in [5.74, 6) is 1.09. The van der Waals surface area contributed by atoms with Crippen LogP contribution >= 0.6 is 0 Å². The molecule has 27 heavy (non-hydrogen) atoms. The average Bonchev–Trinajstić information content (AvgIpc) is 2.70. The minimum absolute atomic E-state index is 0.182. The topological polar surface area (TPSA) is 43.4 Å². The Balaban J connectivity index is 1.51. The Morgan fingerprint density at radius 2 is 1.78 bits per heavy atom. The van der Waals surface area contributed by atoms with Crippen molar-refractivity contribution in [1.82, 2.24) is 10.3 Å². The van der Waals surface area contributed by atoms with E-state index in [-0.39, 0.29) is 5.75 Å². The third kappa shape index (κ3) is 5.66. The first kappa shape index (κ1) is 18.6. The molecule has 1 heterocycles. The molecule has 5 heteroatoms. The summed E-state index contributed by atoms with van der Waals surface area (Å²) in [5, 5.41) is 3.30. The molecule has 0 spiro atoms. The van der Waals surface area contributed by atoms with E-state index in [9.17, 15) is 4.39 Å². The van der Waals surface area contributed by atoms with Crippen molar-refractivity contribution in [1.29, 1.82) is 0 Å². The van der Waals surface area contributed by atoms with Crippen molar-refractivity contribution in [3.05, 3.63) is 96.6 Å². The number of rotatable bonds is 9. The smallest absolute Gasteiger partial charge is 0.166 e. The quantitative estimate of drug-likeness (QED) is 0.550. The van der Waals surface area contributed by atoms with Gasteiger partial charge in [0.15, 0.2) is 11.6 Å². The van der Waals surface area contributed by atoms with Crippen molar-refractivity contribution in [2.24, 2.45) is 0 Å². The molecule has 138 valence electrons. The van der Waals surface area contributed by atoms with Gasteiger partial charge in [0, 0.05) is 19.3 Å². The Hall–Kier alpha value is -3.18. The van der Waals surface area contributed by atoms with Gasteiger partial charge in [-0.1, -0.05) is 30.9 Å². The standard InChI is InChI=1S/C22H21FN2O2/c1-2-12-26-19-8-5-17(6-9-19)14-25-15-18-7-10-22(21(23)13-18)27-20-4-3-11-24-16-20/h2-11,13,16,25H,1,12,14-15H2. The first-order chi connectivity index (χ1) is 13.2. The Bertz CT molecular complexity index is 867. The summed E-state index contributed by atoms with van der Waals surface area (Å²) in [6.45, 7) is 5.34.